The number of aromatic amines is 1. The molecule has 1 N–H and O–H groups in total. The molecule has 0 saturated carbocycles. The fraction of sp³-hybridized carbons (Fsp3) is 0.300. The Balaban J connectivity index is 2.17. The third kappa shape index (κ3) is 3.53. The van der Waals surface area contributed by atoms with Gasteiger partial charge in [-0.2, -0.15) is 5.10 Å². The largest absolute Gasteiger partial charge is 0.465 e. The Morgan fingerprint density at radius 3 is 2.50 bits per heavy atom. The minimum atomic E-state index is -0.711. The van der Waals surface area contributed by atoms with Crippen LogP contribution in [0.15, 0.2) is 29.2 Å². The van der Waals surface area contributed by atoms with Crippen molar-refractivity contribution >= 4 is 22.8 Å². The van der Waals surface area contributed by atoms with E-state index in [1.165, 1.54) is 19.4 Å². The van der Waals surface area contributed by atoms with Crippen molar-refractivity contribution in [3.05, 3.63) is 62.7 Å². The maximum absolute atomic E-state index is 12.7. The molecule has 0 saturated heterocycles. The van der Waals surface area contributed by atoms with Gasteiger partial charge in [-0.25, -0.2) is 9.59 Å². The maximum atomic E-state index is 12.7. The zero-order valence-corrected chi connectivity index (χ0v) is 16.2. The normalized spacial score (nSPS) is 10.9. The fourth-order valence-corrected chi connectivity index (χ4v) is 3.10. The molecule has 0 atom stereocenters. The summed E-state index contributed by atoms with van der Waals surface area (Å²) in [5.74, 6) is -1.28. The van der Waals surface area contributed by atoms with Crippen molar-refractivity contribution in [3.8, 4) is 0 Å². The van der Waals surface area contributed by atoms with E-state index in [0.717, 1.165) is 11.4 Å². The zero-order chi connectivity index (χ0) is 20.4. The monoisotopic (exact) mass is 383 g/mol. The van der Waals surface area contributed by atoms with Gasteiger partial charge in [0.2, 0.25) is 5.43 Å². The molecule has 2 aromatic heterocycles. The van der Waals surface area contributed by atoms with Crippen molar-refractivity contribution in [3.63, 3.8) is 0 Å². The van der Waals surface area contributed by atoms with Crippen LogP contribution in [0.4, 0.5) is 0 Å². The average Bonchev–Trinajstić information content (AvgIpc) is 2.98. The lowest BCUT2D eigenvalue weighted by atomic mass is 10.0. The summed E-state index contributed by atoms with van der Waals surface area (Å²) in [6, 6.07) is 5.09. The Morgan fingerprint density at radius 2 is 1.89 bits per heavy atom. The highest BCUT2D eigenvalue weighted by atomic mass is 16.5. The number of methoxy groups -OCH3 is 1. The minimum Gasteiger partial charge on any atom is -0.465 e. The summed E-state index contributed by atoms with van der Waals surface area (Å²) in [6.07, 6.45) is 1.33. The number of esters is 2. The van der Waals surface area contributed by atoms with Crippen LogP contribution in [0.3, 0.4) is 0 Å². The van der Waals surface area contributed by atoms with Crippen LogP contribution in [0.25, 0.3) is 10.9 Å². The van der Waals surface area contributed by atoms with Crippen molar-refractivity contribution in [1.82, 2.24) is 14.8 Å². The molecule has 3 aromatic rings. The van der Waals surface area contributed by atoms with Crippen molar-refractivity contribution in [2.75, 3.05) is 13.7 Å². The van der Waals surface area contributed by atoms with Crippen molar-refractivity contribution in [2.45, 2.75) is 27.3 Å². The first-order chi connectivity index (χ1) is 13.3. The van der Waals surface area contributed by atoms with Crippen LogP contribution in [0.5, 0.6) is 0 Å². The second kappa shape index (κ2) is 7.67. The molecule has 2 heterocycles. The van der Waals surface area contributed by atoms with Gasteiger partial charge in [0.1, 0.15) is 5.56 Å². The number of nitrogens with one attached hydrogen (secondary N) is 1. The van der Waals surface area contributed by atoms with Gasteiger partial charge >= 0.3 is 11.9 Å². The highest BCUT2D eigenvalue weighted by Gasteiger charge is 2.19. The Labute approximate surface area is 161 Å². The van der Waals surface area contributed by atoms with Gasteiger partial charge in [0.25, 0.3) is 0 Å². The summed E-state index contributed by atoms with van der Waals surface area (Å²) < 4.78 is 11.6. The minimum absolute atomic E-state index is 0.114. The molecule has 0 bridgehead atoms. The number of aromatic nitrogens is 3. The summed E-state index contributed by atoms with van der Waals surface area (Å²) in [4.78, 5) is 40.0. The Morgan fingerprint density at radius 1 is 1.14 bits per heavy atom. The van der Waals surface area contributed by atoms with Crippen LogP contribution in [0.2, 0.25) is 0 Å². The van der Waals surface area contributed by atoms with Crippen molar-refractivity contribution in [2.24, 2.45) is 0 Å². The standard InChI is InChI=1S/C20H21N3O5/c1-5-28-20(26)16-9-21-17-7-13(10-23-12(3)6-11(2)22-23)14(19(25)27-4)8-15(17)18(16)24/h6-9H,5,10H2,1-4H3,(H,21,24). The molecular formula is C20H21N3O5. The Bertz CT molecular complexity index is 1130. The predicted molar refractivity (Wildman–Crippen MR) is 103 cm³/mol. The molecule has 8 heteroatoms. The maximum Gasteiger partial charge on any atom is 0.343 e. The second-order valence-electron chi connectivity index (χ2n) is 6.38. The highest BCUT2D eigenvalue weighted by molar-refractivity contribution is 5.98. The SMILES string of the molecule is CCOC(=O)c1c[nH]c2cc(Cn3nc(C)cc3C)c(C(=O)OC)cc2c1=O. The van der Waals surface area contributed by atoms with E-state index < -0.39 is 17.4 Å². The number of hydrogen-bond donors (Lipinski definition) is 1. The summed E-state index contributed by atoms with van der Waals surface area (Å²) >= 11 is 0. The predicted octanol–water partition coefficient (Wildman–Crippen LogP) is 2.35. The average molecular weight is 383 g/mol. The molecule has 0 radical (unpaired) electrons. The zero-order valence-electron chi connectivity index (χ0n) is 16.2. The molecule has 0 spiro atoms. The molecule has 0 fully saturated rings. The van der Waals surface area contributed by atoms with Crippen LogP contribution in [0.1, 0.15) is 44.6 Å². The molecular weight excluding hydrogens is 362 g/mol. The lowest BCUT2D eigenvalue weighted by Gasteiger charge is -2.12. The molecule has 146 valence electrons. The number of rotatable bonds is 5. The van der Waals surface area contributed by atoms with Crippen LogP contribution in [-0.4, -0.2) is 40.4 Å². The number of benzene rings is 1. The number of carbonyl (C=O) groups is 2. The van der Waals surface area contributed by atoms with Crippen molar-refractivity contribution < 1.29 is 19.1 Å². The summed E-state index contributed by atoms with van der Waals surface area (Å²) in [5, 5.41) is 4.63. The van der Waals surface area contributed by atoms with Gasteiger partial charge in [0.05, 0.1) is 31.5 Å². The van der Waals surface area contributed by atoms with Gasteiger partial charge < -0.3 is 14.5 Å². The molecule has 0 aliphatic heterocycles. The van der Waals surface area contributed by atoms with E-state index >= 15 is 0 Å². The smallest absolute Gasteiger partial charge is 0.343 e. The van der Waals surface area contributed by atoms with Gasteiger partial charge in [-0.3, -0.25) is 9.48 Å². The molecule has 0 aliphatic rings. The van der Waals surface area contributed by atoms with Crippen LogP contribution in [-0.2, 0) is 16.0 Å². The molecule has 8 nitrogen and oxygen atoms in total. The first-order valence-corrected chi connectivity index (χ1v) is 8.80. The van der Waals surface area contributed by atoms with Gasteiger partial charge in [0, 0.05) is 22.8 Å². The van der Waals surface area contributed by atoms with Gasteiger partial charge in [-0.05, 0) is 44.5 Å². The molecule has 3 rings (SSSR count). The first-order valence-electron chi connectivity index (χ1n) is 8.80. The van der Waals surface area contributed by atoms with E-state index in [1.54, 1.807) is 17.7 Å². The number of hydrogen-bond acceptors (Lipinski definition) is 6. The number of aryl methyl sites for hydroxylation is 2. The molecule has 0 amide bonds. The van der Waals surface area contributed by atoms with Crippen molar-refractivity contribution in [1.29, 1.82) is 0 Å². The quantitative estimate of drug-likeness (QED) is 0.679. The Hall–Kier alpha value is -3.42. The third-order valence-electron chi connectivity index (χ3n) is 4.43. The van der Waals surface area contributed by atoms with E-state index in [2.05, 4.69) is 10.1 Å². The van der Waals surface area contributed by atoms with Gasteiger partial charge in [-0.15, -0.1) is 0 Å². The van der Waals surface area contributed by atoms with Gasteiger partial charge in [-0.1, -0.05) is 0 Å². The lowest BCUT2D eigenvalue weighted by molar-refractivity contribution is 0.0523. The van der Waals surface area contributed by atoms with Crippen LogP contribution >= 0.6 is 0 Å². The van der Waals surface area contributed by atoms with Gasteiger partial charge in [0.15, 0.2) is 0 Å². The number of H-pyrrole nitrogens is 1. The fourth-order valence-electron chi connectivity index (χ4n) is 3.10. The molecule has 0 unspecified atom stereocenters. The molecule has 28 heavy (non-hydrogen) atoms. The Kier molecular flexibility index (Phi) is 5.30. The number of pyridine rings is 1. The number of ether oxygens (including phenoxy) is 2. The number of fused-ring (bicyclic) bond motifs is 1. The molecule has 1 aromatic carbocycles. The second-order valence-corrected chi connectivity index (χ2v) is 6.38. The topological polar surface area (TPSA) is 103 Å². The number of nitrogens with zero attached hydrogens (tertiary/aromatic N) is 2. The summed E-state index contributed by atoms with van der Waals surface area (Å²) in [7, 11) is 1.28. The van der Waals surface area contributed by atoms with E-state index in [1.807, 2.05) is 19.9 Å². The number of carbonyl (C=O) groups excluding carboxylic acids is 2. The summed E-state index contributed by atoms with van der Waals surface area (Å²) in [6.45, 7) is 5.96. The van der Waals surface area contributed by atoms with E-state index in [4.69, 9.17) is 9.47 Å². The first kappa shape index (κ1) is 19.3. The van der Waals surface area contributed by atoms with Crippen LogP contribution in [0, 0.1) is 13.8 Å². The molecule has 0 aliphatic carbocycles. The van der Waals surface area contributed by atoms with Crippen LogP contribution < -0.4 is 5.43 Å². The highest BCUT2D eigenvalue weighted by Crippen LogP contribution is 2.20. The third-order valence-corrected chi connectivity index (χ3v) is 4.43. The summed E-state index contributed by atoms with van der Waals surface area (Å²) in [5.41, 5.74) is 2.58. The van der Waals surface area contributed by atoms with E-state index in [-0.39, 0.29) is 23.1 Å². The lowest BCUT2D eigenvalue weighted by Crippen LogP contribution is -2.19. The van der Waals surface area contributed by atoms with E-state index in [9.17, 15) is 14.4 Å². The van der Waals surface area contributed by atoms with E-state index in [0.29, 0.717) is 17.6 Å².